The highest BCUT2D eigenvalue weighted by Crippen LogP contribution is 2.20. The standard InChI is InChI=1S/C86H161NO8/c1-6-8-10-12-14-16-18-20-22-24-26-28-30-32-34-36-38-40-41-42-43-45-47-49-51-53-55-57-59-61-63-65-67-69-71-73-75-77-84(89)95-82(81-94-86(85(90)91)92-79-78-87(3,4)5)80-93-83(88)76-74-72-70-68-66-64-62-60-58-56-54-52-50-48-46-44-39-37-35-33-31-29-27-25-23-21-19-17-15-13-11-9-7-2/h18-21,24-27,82,86H,6-17,22-23,28-81H2,1-5H3/b20-18-,21-19-,26-24-,27-25-. The van der Waals surface area contributed by atoms with E-state index in [4.69, 9.17) is 18.9 Å². The van der Waals surface area contributed by atoms with Gasteiger partial charge in [0.25, 0.3) is 0 Å². The molecule has 0 heterocycles. The molecule has 0 aliphatic rings. The van der Waals surface area contributed by atoms with Crippen molar-refractivity contribution in [2.45, 2.75) is 437 Å². The van der Waals surface area contributed by atoms with Crippen LogP contribution in [0, 0.1) is 0 Å². The van der Waals surface area contributed by atoms with E-state index >= 15 is 0 Å². The van der Waals surface area contributed by atoms with Crippen molar-refractivity contribution in [2.24, 2.45) is 0 Å². The van der Waals surface area contributed by atoms with Crippen molar-refractivity contribution in [3.05, 3.63) is 48.6 Å². The molecule has 558 valence electrons. The maximum atomic E-state index is 13.0. The van der Waals surface area contributed by atoms with Gasteiger partial charge in [-0.3, -0.25) is 9.59 Å². The highest BCUT2D eigenvalue weighted by molar-refractivity contribution is 5.70. The highest BCUT2D eigenvalue weighted by Gasteiger charge is 2.22. The normalized spacial score (nSPS) is 12.8. The molecule has 0 N–H and O–H groups in total. The van der Waals surface area contributed by atoms with E-state index in [0.29, 0.717) is 17.4 Å². The van der Waals surface area contributed by atoms with Gasteiger partial charge in [0.1, 0.15) is 13.2 Å². The maximum absolute atomic E-state index is 13.0. The summed E-state index contributed by atoms with van der Waals surface area (Å²) in [5, 5.41) is 11.9. The van der Waals surface area contributed by atoms with E-state index in [-0.39, 0.29) is 32.2 Å². The van der Waals surface area contributed by atoms with Gasteiger partial charge in [-0.2, -0.15) is 0 Å². The molecule has 0 amide bonds. The SMILES string of the molecule is CCCCCCC/C=C\C/C=C\CCCCCCCCCCCCCCCCCCCCCCCCCCCC(=O)OC(COC(=O)CCCCCCCCCCCCCCCCCCCCCCC/C=C\C/C=C\CCCCCCC)COC(OCC[N+](C)(C)C)C(=O)[O-]. The number of carboxylic acids is 1. The number of carboxylic acid groups (broad SMARTS) is 1. The predicted octanol–water partition coefficient (Wildman–Crippen LogP) is 25.5. The fourth-order valence-corrected chi connectivity index (χ4v) is 12.7. The molecule has 0 aromatic heterocycles. The van der Waals surface area contributed by atoms with Crippen molar-refractivity contribution in [1.82, 2.24) is 0 Å². The number of carbonyl (C=O) groups is 3. The van der Waals surface area contributed by atoms with Gasteiger partial charge in [0, 0.05) is 12.8 Å². The number of aliphatic carboxylic acids is 1. The van der Waals surface area contributed by atoms with Crippen LogP contribution in [0.2, 0.25) is 0 Å². The van der Waals surface area contributed by atoms with Crippen LogP contribution in [-0.2, 0) is 33.3 Å². The first-order valence-electron chi connectivity index (χ1n) is 41.8. The number of allylic oxidation sites excluding steroid dienone is 8. The Labute approximate surface area is 591 Å². The second kappa shape index (κ2) is 77.0. The number of unbranched alkanes of at least 4 members (excludes halogenated alkanes) is 56. The second-order valence-electron chi connectivity index (χ2n) is 29.8. The van der Waals surface area contributed by atoms with Crippen molar-refractivity contribution in [1.29, 1.82) is 0 Å². The highest BCUT2D eigenvalue weighted by atomic mass is 16.7. The number of rotatable bonds is 79. The molecule has 0 radical (unpaired) electrons. The first-order chi connectivity index (χ1) is 46.6. The summed E-state index contributed by atoms with van der Waals surface area (Å²) in [6, 6.07) is 0. The molecule has 0 bridgehead atoms. The van der Waals surface area contributed by atoms with Crippen LogP contribution < -0.4 is 5.11 Å². The molecule has 0 aliphatic heterocycles. The Bertz CT molecular complexity index is 1700. The molecule has 0 aliphatic carbocycles. The number of nitrogens with zero attached hydrogens (tertiary/aromatic N) is 1. The predicted molar refractivity (Wildman–Crippen MR) is 408 cm³/mol. The van der Waals surface area contributed by atoms with Crippen LogP contribution in [0.3, 0.4) is 0 Å². The number of ether oxygens (including phenoxy) is 4. The van der Waals surface area contributed by atoms with E-state index in [1.165, 1.54) is 347 Å². The molecule has 0 aromatic carbocycles. The minimum Gasteiger partial charge on any atom is -0.545 e. The van der Waals surface area contributed by atoms with Crippen LogP contribution in [0.5, 0.6) is 0 Å². The molecule has 9 heteroatoms. The van der Waals surface area contributed by atoms with Crippen LogP contribution in [-0.4, -0.2) is 82.3 Å². The third-order valence-electron chi connectivity index (χ3n) is 19.0. The average Bonchev–Trinajstić information content (AvgIpc) is 3.75. The van der Waals surface area contributed by atoms with Gasteiger partial charge in [-0.15, -0.1) is 0 Å². The molecule has 9 nitrogen and oxygen atoms in total. The summed E-state index contributed by atoms with van der Waals surface area (Å²) in [5.74, 6) is -2.25. The van der Waals surface area contributed by atoms with Crippen LogP contribution in [0.1, 0.15) is 425 Å². The lowest BCUT2D eigenvalue weighted by Gasteiger charge is -2.26. The summed E-state index contributed by atoms with van der Waals surface area (Å²) >= 11 is 0. The smallest absolute Gasteiger partial charge is 0.306 e. The van der Waals surface area contributed by atoms with Gasteiger partial charge in [0.15, 0.2) is 12.4 Å². The maximum Gasteiger partial charge on any atom is 0.306 e. The zero-order chi connectivity index (χ0) is 69.0. The molecule has 0 aromatic rings. The second-order valence-corrected chi connectivity index (χ2v) is 29.8. The summed E-state index contributed by atoms with van der Waals surface area (Å²) in [7, 11) is 5.95. The lowest BCUT2D eigenvalue weighted by atomic mass is 10.0. The number of esters is 2. The van der Waals surface area contributed by atoms with E-state index in [2.05, 4.69) is 62.5 Å². The van der Waals surface area contributed by atoms with Gasteiger partial charge in [-0.1, -0.05) is 383 Å². The lowest BCUT2D eigenvalue weighted by Crippen LogP contribution is -2.44. The fourth-order valence-electron chi connectivity index (χ4n) is 12.7. The Balaban J connectivity index is 3.94. The van der Waals surface area contributed by atoms with Gasteiger partial charge in [0.05, 0.1) is 40.3 Å². The van der Waals surface area contributed by atoms with Crippen LogP contribution in [0.4, 0.5) is 0 Å². The molecule has 0 fully saturated rings. The average molecular weight is 1340 g/mol. The topological polar surface area (TPSA) is 111 Å². The van der Waals surface area contributed by atoms with E-state index in [0.717, 1.165) is 51.4 Å². The third-order valence-corrected chi connectivity index (χ3v) is 19.0. The van der Waals surface area contributed by atoms with E-state index in [9.17, 15) is 19.5 Å². The summed E-state index contributed by atoms with van der Waals surface area (Å²) in [4.78, 5) is 37.6. The van der Waals surface area contributed by atoms with Gasteiger partial charge >= 0.3 is 11.9 Å². The summed E-state index contributed by atoms with van der Waals surface area (Å²) < 4.78 is 22.9. The largest absolute Gasteiger partial charge is 0.545 e. The number of likely N-dealkylation sites (N-methyl/N-ethyl adjacent to an activating group) is 1. The van der Waals surface area contributed by atoms with Gasteiger partial charge in [-0.25, -0.2) is 0 Å². The molecule has 0 saturated heterocycles. The first kappa shape index (κ1) is 92.2. The number of quaternary nitrogens is 1. The zero-order valence-corrected chi connectivity index (χ0v) is 64.1. The van der Waals surface area contributed by atoms with Crippen molar-refractivity contribution >= 4 is 17.9 Å². The Morgan fingerprint density at radius 2 is 0.568 bits per heavy atom. The Kier molecular flexibility index (Phi) is 74.8. The molecular weight excluding hydrogens is 1170 g/mol. The molecule has 95 heavy (non-hydrogen) atoms. The van der Waals surface area contributed by atoms with Crippen molar-refractivity contribution in [3.8, 4) is 0 Å². The Hall–Kier alpha value is -2.75. The van der Waals surface area contributed by atoms with Crippen molar-refractivity contribution < 1.29 is 42.9 Å². The van der Waals surface area contributed by atoms with Gasteiger partial charge < -0.3 is 33.3 Å². The van der Waals surface area contributed by atoms with Crippen LogP contribution >= 0.6 is 0 Å². The number of hydrogen-bond donors (Lipinski definition) is 0. The van der Waals surface area contributed by atoms with E-state index in [1.807, 2.05) is 21.1 Å². The zero-order valence-electron chi connectivity index (χ0n) is 64.1. The summed E-state index contributed by atoms with van der Waals surface area (Å²) in [5.41, 5.74) is 0. The van der Waals surface area contributed by atoms with Gasteiger partial charge in [-0.05, 0) is 77.0 Å². The molecule has 0 spiro atoms. The first-order valence-corrected chi connectivity index (χ1v) is 41.8. The summed E-state index contributed by atoms with van der Waals surface area (Å²) in [6.45, 7) is 4.81. The fraction of sp³-hybridized carbons (Fsp3) is 0.872. The van der Waals surface area contributed by atoms with E-state index in [1.54, 1.807) is 0 Å². The number of carbonyl (C=O) groups excluding carboxylic acids is 3. The summed E-state index contributed by atoms with van der Waals surface area (Å²) in [6.07, 6.45) is 98.3. The van der Waals surface area contributed by atoms with Crippen LogP contribution in [0.25, 0.3) is 0 Å². The quantitative estimate of drug-likeness (QED) is 0.0195. The monoisotopic (exact) mass is 1340 g/mol. The van der Waals surface area contributed by atoms with E-state index < -0.39 is 24.3 Å². The van der Waals surface area contributed by atoms with Crippen LogP contribution in [0.15, 0.2) is 48.6 Å². The minimum atomic E-state index is -1.62. The van der Waals surface area contributed by atoms with Crippen molar-refractivity contribution in [2.75, 3.05) is 47.5 Å². The minimum absolute atomic E-state index is 0.151. The molecule has 0 rings (SSSR count). The Morgan fingerprint density at radius 3 is 0.832 bits per heavy atom. The Morgan fingerprint density at radius 1 is 0.316 bits per heavy atom. The third kappa shape index (κ3) is 78.5. The number of hydrogen-bond acceptors (Lipinski definition) is 8. The lowest BCUT2D eigenvalue weighted by molar-refractivity contribution is -0.870. The van der Waals surface area contributed by atoms with Gasteiger partial charge in [0.2, 0.25) is 0 Å². The molecule has 2 atom stereocenters. The molecule has 2 unspecified atom stereocenters. The molecule has 0 saturated carbocycles. The van der Waals surface area contributed by atoms with Crippen molar-refractivity contribution in [3.63, 3.8) is 0 Å². The molecular formula is C86H161NO8.